The van der Waals surface area contributed by atoms with E-state index >= 15 is 0 Å². The molecule has 0 unspecified atom stereocenters. The van der Waals surface area contributed by atoms with Gasteiger partial charge >= 0.3 is 0 Å². The number of nitrogens with zero attached hydrogens (tertiary/aromatic N) is 4. The highest BCUT2D eigenvalue weighted by atomic mass is 32.2. The third-order valence-corrected chi connectivity index (χ3v) is 4.49. The van der Waals surface area contributed by atoms with Gasteiger partial charge in [0.2, 0.25) is 0 Å². The zero-order chi connectivity index (χ0) is 18.2. The molecule has 128 valence electrons. The van der Waals surface area contributed by atoms with Gasteiger partial charge in [-0.1, -0.05) is 30.3 Å². The molecule has 0 aliphatic heterocycles. The summed E-state index contributed by atoms with van der Waals surface area (Å²) in [6.45, 7) is 0. The van der Waals surface area contributed by atoms with Gasteiger partial charge in [-0.2, -0.15) is 5.10 Å². The van der Waals surface area contributed by atoms with Crippen molar-refractivity contribution in [3.8, 4) is 22.6 Å². The number of benzene rings is 1. The molecule has 0 saturated heterocycles. The lowest BCUT2D eigenvalue weighted by molar-refractivity contribution is 0.598. The molecule has 8 nitrogen and oxygen atoms in total. The lowest BCUT2D eigenvalue weighted by atomic mass is 10.1. The smallest absolute Gasteiger partial charge is 0.266 e. The van der Waals surface area contributed by atoms with Crippen LogP contribution in [0, 0.1) is 0 Å². The molecule has 0 spiro atoms. The summed E-state index contributed by atoms with van der Waals surface area (Å²) in [6, 6.07) is 11.9. The summed E-state index contributed by atoms with van der Waals surface area (Å²) in [7, 11) is -2.18. The van der Waals surface area contributed by atoms with E-state index in [0.29, 0.717) is 17.0 Å². The molecule has 2 aromatic heterocycles. The van der Waals surface area contributed by atoms with Gasteiger partial charge in [0.05, 0.1) is 0 Å². The molecule has 2 N–H and O–H groups in total. The first-order valence-corrected chi connectivity index (χ1v) is 9.14. The van der Waals surface area contributed by atoms with E-state index in [0.717, 1.165) is 10.9 Å². The first-order valence-electron chi connectivity index (χ1n) is 7.25. The monoisotopic (exact) mass is 357 g/mol. The molecule has 0 atom stereocenters. The van der Waals surface area contributed by atoms with E-state index < -0.39 is 9.84 Å². The van der Waals surface area contributed by atoms with Gasteiger partial charge in [-0.25, -0.2) is 23.1 Å². The number of aromatic nitrogens is 4. The van der Waals surface area contributed by atoms with Crippen molar-refractivity contribution in [2.75, 3.05) is 12.0 Å². The van der Waals surface area contributed by atoms with Crippen LogP contribution in [-0.4, -0.2) is 34.4 Å². The molecule has 0 fully saturated rings. The second-order valence-electron chi connectivity index (χ2n) is 5.43. The molecule has 1 aromatic carbocycles. The molecule has 2 heterocycles. The average molecular weight is 357 g/mol. The molecule has 0 amide bonds. The lowest BCUT2D eigenvalue weighted by Gasteiger charge is -2.12. The SMILES string of the molecule is Cn1nc(-c2nc(S(C)(=O)=O)c(N)nc2-c2ccccc2)ccc1=O. The van der Waals surface area contributed by atoms with Crippen molar-refractivity contribution in [3.05, 3.63) is 52.8 Å². The maximum Gasteiger partial charge on any atom is 0.266 e. The number of aryl methyl sites for hydroxylation is 1. The van der Waals surface area contributed by atoms with Crippen molar-refractivity contribution in [2.45, 2.75) is 5.03 Å². The van der Waals surface area contributed by atoms with E-state index in [-0.39, 0.29) is 22.1 Å². The number of nitrogen functional groups attached to an aromatic ring is 1. The number of hydrogen-bond acceptors (Lipinski definition) is 7. The van der Waals surface area contributed by atoms with Crippen LogP contribution in [-0.2, 0) is 16.9 Å². The van der Waals surface area contributed by atoms with Gasteiger partial charge in [0, 0.05) is 24.9 Å². The minimum atomic E-state index is -3.68. The maximum atomic E-state index is 11.9. The van der Waals surface area contributed by atoms with Crippen molar-refractivity contribution in [3.63, 3.8) is 0 Å². The molecule has 0 aliphatic rings. The molecule has 0 bridgehead atoms. The van der Waals surface area contributed by atoms with Crippen molar-refractivity contribution in [1.29, 1.82) is 0 Å². The quantitative estimate of drug-likeness (QED) is 0.739. The summed E-state index contributed by atoms with van der Waals surface area (Å²) in [5.41, 5.74) is 7.16. The van der Waals surface area contributed by atoms with Gasteiger partial charge in [-0.05, 0) is 6.07 Å². The van der Waals surface area contributed by atoms with E-state index in [2.05, 4.69) is 15.1 Å². The van der Waals surface area contributed by atoms with Crippen molar-refractivity contribution in [2.24, 2.45) is 7.05 Å². The third-order valence-electron chi connectivity index (χ3n) is 3.49. The number of anilines is 1. The Balaban J connectivity index is 2.37. The van der Waals surface area contributed by atoms with E-state index in [4.69, 9.17) is 5.73 Å². The molecule has 9 heteroatoms. The zero-order valence-corrected chi connectivity index (χ0v) is 14.4. The predicted molar refractivity (Wildman–Crippen MR) is 93.5 cm³/mol. The van der Waals surface area contributed by atoms with E-state index in [1.165, 1.54) is 19.2 Å². The van der Waals surface area contributed by atoms with Crippen LogP contribution in [0.15, 0.2) is 52.3 Å². The maximum absolute atomic E-state index is 11.9. The fourth-order valence-electron chi connectivity index (χ4n) is 2.31. The highest BCUT2D eigenvalue weighted by Gasteiger charge is 2.22. The fraction of sp³-hybridized carbons (Fsp3) is 0.125. The van der Waals surface area contributed by atoms with Crippen LogP contribution >= 0.6 is 0 Å². The van der Waals surface area contributed by atoms with Crippen LogP contribution in [0.4, 0.5) is 5.82 Å². The van der Waals surface area contributed by atoms with Gasteiger partial charge in [-0.15, -0.1) is 0 Å². The Labute approximate surface area is 143 Å². The average Bonchev–Trinajstić information content (AvgIpc) is 2.57. The molecule has 3 rings (SSSR count). The summed E-state index contributed by atoms with van der Waals surface area (Å²) in [5.74, 6) is -0.185. The topological polar surface area (TPSA) is 121 Å². The predicted octanol–water partition coefficient (Wildman–Crippen LogP) is 0.890. The first kappa shape index (κ1) is 16.8. The van der Waals surface area contributed by atoms with Crippen molar-refractivity contribution >= 4 is 15.7 Å². The van der Waals surface area contributed by atoms with Crippen LogP contribution in [0.5, 0.6) is 0 Å². The standard InChI is InChI=1S/C16H15N5O3S/c1-21-12(22)9-8-11(20-21)14-13(10-6-4-3-5-7-10)18-15(17)16(19-14)25(2,23)24/h3-9H,1-2H3,(H2,17,18). The Morgan fingerprint density at radius 1 is 1.00 bits per heavy atom. The van der Waals surface area contributed by atoms with Gasteiger partial charge in [0.15, 0.2) is 20.7 Å². The Hall–Kier alpha value is -3.07. The Kier molecular flexibility index (Phi) is 4.09. The Morgan fingerprint density at radius 3 is 2.28 bits per heavy atom. The second kappa shape index (κ2) is 6.10. The molecule has 0 aliphatic carbocycles. The fourth-order valence-corrected chi connectivity index (χ4v) is 2.99. The molecule has 3 aromatic rings. The summed E-state index contributed by atoms with van der Waals surface area (Å²) in [5, 5.41) is 3.83. The molecule has 0 radical (unpaired) electrons. The minimum absolute atomic E-state index is 0.185. The number of hydrogen-bond donors (Lipinski definition) is 1. The van der Waals surface area contributed by atoms with Crippen molar-refractivity contribution in [1.82, 2.24) is 19.7 Å². The van der Waals surface area contributed by atoms with E-state index in [1.54, 1.807) is 12.1 Å². The first-order chi connectivity index (χ1) is 11.8. The van der Waals surface area contributed by atoms with Gasteiger partial charge in [0.1, 0.15) is 17.1 Å². The highest BCUT2D eigenvalue weighted by Crippen LogP contribution is 2.30. The lowest BCUT2D eigenvalue weighted by Crippen LogP contribution is -2.19. The molecular formula is C16H15N5O3S. The van der Waals surface area contributed by atoms with Gasteiger partial charge in [-0.3, -0.25) is 4.79 Å². The van der Waals surface area contributed by atoms with Gasteiger partial charge < -0.3 is 5.73 Å². The Morgan fingerprint density at radius 2 is 1.68 bits per heavy atom. The molecular weight excluding hydrogens is 342 g/mol. The van der Waals surface area contributed by atoms with Crippen LogP contribution < -0.4 is 11.3 Å². The third kappa shape index (κ3) is 3.26. The van der Waals surface area contributed by atoms with Gasteiger partial charge in [0.25, 0.3) is 5.56 Å². The molecule has 25 heavy (non-hydrogen) atoms. The largest absolute Gasteiger partial charge is 0.381 e. The van der Waals surface area contributed by atoms with E-state index in [1.807, 2.05) is 18.2 Å². The van der Waals surface area contributed by atoms with Crippen LogP contribution in [0.2, 0.25) is 0 Å². The second-order valence-corrected chi connectivity index (χ2v) is 7.36. The summed E-state index contributed by atoms with van der Waals surface area (Å²) < 4.78 is 25.0. The zero-order valence-electron chi connectivity index (χ0n) is 13.5. The summed E-state index contributed by atoms with van der Waals surface area (Å²) in [6.07, 6.45) is 1.01. The summed E-state index contributed by atoms with van der Waals surface area (Å²) >= 11 is 0. The highest BCUT2D eigenvalue weighted by molar-refractivity contribution is 7.90. The minimum Gasteiger partial charge on any atom is -0.381 e. The Bertz CT molecular complexity index is 1110. The van der Waals surface area contributed by atoms with Crippen LogP contribution in [0.25, 0.3) is 22.6 Å². The number of sulfone groups is 1. The van der Waals surface area contributed by atoms with E-state index in [9.17, 15) is 13.2 Å². The van der Waals surface area contributed by atoms with Crippen LogP contribution in [0.1, 0.15) is 0 Å². The number of rotatable bonds is 3. The normalized spacial score (nSPS) is 11.4. The van der Waals surface area contributed by atoms with Crippen molar-refractivity contribution < 1.29 is 8.42 Å². The van der Waals surface area contributed by atoms with Crippen LogP contribution in [0.3, 0.4) is 0 Å². The number of nitrogens with two attached hydrogens (primary N) is 1. The molecule has 0 saturated carbocycles. The summed E-state index contributed by atoms with van der Waals surface area (Å²) in [4.78, 5) is 20.0.